The van der Waals surface area contributed by atoms with Crippen molar-refractivity contribution in [3.63, 3.8) is 0 Å². The first-order chi connectivity index (χ1) is 10.6. The second-order valence-electron chi connectivity index (χ2n) is 6.33. The predicted molar refractivity (Wildman–Crippen MR) is 93.6 cm³/mol. The van der Waals surface area contributed by atoms with E-state index in [4.69, 9.17) is 0 Å². The number of rotatable bonds is 7. The van der Waals surface area contributed by atoms with Gasteiger partial charge in [-0.2, -0.15) is 0 Å². The van der Waals surface area contributed by atoms with E-state index in [1.807, 2.05) is 18.2 Å². The van der Waals surface area contributed by atoms with Gasteiger partial charge in [0.1, 0.15) is 5.82 Å². The van der Waals surface area contributed by atoms with Crippen molar-refractivity contribution in [2.75, 3.05) is 0 Å². The van der Waals surface area contributed by atoms with Gasteiger partial charge >= 0.3 is 0 Å². The van der Waals surface area contributed by atoms with E-state index in [-0.39, 0.29) is 5.82 Å². The van der Waals surface area contributed by atoms with E-state index in [1.165, 1.54) is 12.0 Å². The molecule has 1 atom stereocenters. The summed E-state index contributed by atoms with van der Waals surface area (Å²) in [5.41, 5.74) is 4.09. The standard InChI is InChI=1S/C21H27F/c1-4-6-7-17-10-13-20(21(22)15-17)19-11-8-18(9-12-19)14-16(3)5-2/h8-13,15-16H,4-7,14H2,1-3H3. The number of aryl methyl sites for hydroxylation is 1. The average Bonchev–Trinajstić information content (AvgIpc) is 2.54. The average molecular weight is 298 g/mol. The predicted octanol–water partition coefficient (Wildman–Crippen LogP) is 6.42. The lowest BCUT2D eigenvalue weighted by Crippen LogP contribution is -1.97. The summed E-state index contributed by atoms with van der Waals surface area (Å²) in [5, 5.41) is 0. The zero-order valence-corrected chi connectivity index (χ0v) is 14.0. The normalized spacial score (nSPS) is 12.4. The van der Waals surface area contributed by atoms with Crippen molar-refractivity contribution in [2.24, 2.45) is 5.92 Å². The molecular weight excluding hydrogens is 271 g/mol. The molecule has 2 rings (SSSR count). The number of benzene rings is 2. The first-order valence-electron chi connectivity index (χ1n) is 8.51. The summed E-state index contributed by atoms with van der Waals surface area (Å²) in [7, 11) is 0. The van der Waals surface area contributed by atoms with Crippen LogP contribution in [-0.2, 0) is 12.8 Å². The minimum atomic E-state index is -0.108. The molecule has 0 aliphatic carbocycles. The van der Waals surface area contributed by atoms with Crippen LogP contribution in [0, 0.1) is 11.7 Å². The van der Waals surface area contributed by atoms with Gasteiger partial charge in [-0.15, -0.1) is 0 Å². The van der Waals surface area contributed by atoms with Gasteiger partial charge < -0.3 is 0 Å². The van der Waals surface area contributed by atoms with Gasteiger partial charge in [-0.1, -0.05) is 70.0 Å². The Morgan fingerprint density at radius 3 is 2.23 bits per heavy atom. The molecule has 0 aliphatic heterocycles. The van der Waals surface area contributed by atoms with Crippen molar-refractivity contribution < 1.29 is 4.39 Å². The molecule has 0 radical (unpaired) electrons. The maximum absolute atomic E-state index is 14.3. The lowest BCUT2D eigenvalue weighted by atomic mass is 9.96. The molecule has 0 bridgehead atoms. The van der Waals surface area contributed by atoms with E-state index < -0.39 is 0 Å². The van der Waals surface area contributed by atoms with Gasteiger partial charge in [-0.3, -0.25) is 0 Å². The van der Waals surface area contributed by atoms with Crippen molar-refractivity contribution in [3.8, 4) is 11.1 Å². The summed E-state index contributed by atoms with van der Waals surface area (Å²) < 4.78 is 14.3. The molecule has 0 saturated carbocycles. The van der Waals surface area contributed by atoms with Gasteiger partial charge in [-0.05, 0) is 47.9 Å². The second kappa shape index (κ2) is 8.12. The van der Waals surface area contributed by atoms with Crippen LogP contribution in [0.1, 0.15) is 51.2 Å². The Balaban J connectivity index is 2.14. The second-order valence-corrected chi connectivity index (χ2v) is 6.33. The first-order valence-corrected chi connectivity index (χ1v) is 8.51. The third-order valence-corrected chi connectivity index (χ3v) is 4.40. The Hall–Kier alpha value is -1.63. The first kappa shape index (κ1) is 16.7. The highest BCUT2D eigenvalue weighted by Crippen LogP contribution is 2.25. The molecule has 0 N–H and O–H groups in total. The maximum Gasteiger partial charge on any atom is 0.131 e. The summed E-state index contributed by atoms with van der Waals surface area (Å²) in [6, 6.07) is 14.0. The van der Waals surface area contributed by atoms with E-state index in [0.717, 1.165) is 36.8 Å². The van der Waals surface area contributed by atoms with Gasteiger partial charge in [0.05, 0.1) is 0 Å². The highest BCUT2D eigenvalue weighted by Gasteiger charge is 2.07. The van der Waals surface area contributed by atoms with Crippen LogP contribution in [0.5, 0.6) is 0 Å². The third-order valence-electron chi connectivity index (χ3n) is 4.40. The number of hydrogen-bond donors (Lipinski definition) is 0. The molecule has 22 heavy (non-hydrogen) atoms. The van der Waals surface area contributed by atoms with E-state index in [0.29, 0.717) is 11.5 Å². The van der Waals surface area contributed by atoms with Gasteiger partial charge in [0.2, 0.25) is 0 Å². The molecule has 0 spiro atoms. The largest absolute Gasteiger partial charge is 0.206 e. The minimum Gasteiger partial charge on any atom is -0.206 e. The monoisotopic (exact) mass is 298 g/mol. The van der Waals surface area contributed by atoms with Crippen LogP contribution in [0.2, 0.25) is 0 Å². The van der Waals surface area contributed by atoms with Crippen molar-refractivity contribution >= 4 is 0 Å². The summed E-state index contributed by atoms with van der Waals surface area (Å²) in [5.74, 6) is 0.587. The minimum absolute atomic E-state index is 0.108. The van der Waals surface area contributed by atoms with Crippen molar-refractivity contribution in [2.45, 2.75) is 52.9 Å². The Kier molecular flexibility index (Phi) is 6.18. The van der Waals surface area contributed by atoms with Gasteiger partial charge in [0.15, 0.2) is 0 Å². The zero-order valence-electron chi connectivity index (χ0n) is 14.0. The topological polar surface area (TPSA) is 0 Å². The Morgan fingerprint density at radius 2 is 1.64 bits per heavy atom. The Bertz CT molecular complexity index is 583. The molecular formula is C21H27F. The highest BCUT2D eigenvalue weighted by atomic mass is 19.1. The maximum atomic E-state index is 14.3. The van der Waals surface area contributed by atoms with Crippen molar-refractivity contribution in [3.05, 3.63) is 59.4 Å². The highest BCUT2D eigenvalue weighted by molar-refractivity contribution is 5.64. The lowest BCUT2D eigenvalue weighted by Gasteiger charge is -2.10. The number of hydrogen-bond acceptors (Lipinski definition) is 0. The summed E-state index contributed by atoms with van der Waals surface area (Å²) >= 11 is 0. The van der Waals surface area contributed by atoms with Crippen LogP contribution in [0.25, 0.3) is 11.1 Å². The van der Waals surface area contributed by atoms with Crippen LogP contribution in [-0.4, -0.2) is 0 Å². The summed E-state index contributed by atoms with van der Waals surface area (Å²) in [6.07, 6.45) is 5.50. The Labute approximate surface area is 134 Å². The van der Waals surface area contributed by atoms with Gasteiger partial charge in [0.25, 0.3) is 0 Å². The summed E-state index contributed by atoms with van der Waals surface area (Å²) in [4.78, 5) is 0. The number of unbranched alkanes of at least 4 members (excludes halogenated alkanes) is 1. The van der Waals surface area contributed by atoms with Crippen LogP contribution < -0.4 is 0 Å². The van der Waals surface area contributed by atoms with Crippen LogP contribution in [0.15, 0.2) is 42.5 Å². The van der Waals surface area contributed by atoms with Crippen molar-refractivity contribution in [1.82, 2.24) is 0 Å². The molecule has 1 heteroatoms. The molecule has 0 aliphatic rings. The molecule has 0 saturated heterocycles. The van der Waals surface area contributed by atoms with Crippen LogP contribution in [0.3, 0.4) is 0 Å². The Morgan fingerprint density at radius 1 is 0.955 bits per heavy atom. The van der Waals surface area contributed by atoms with E-state index in [1.54, 1.807) is 6.07 Å². The lowest BCUT2D eigenvalue weighted by molar-refractivity contribution is 0.560. The third kappa shape index (κ3) is 4.43. The molecule has 0 heterocycles. The fourth-order valence-corrected chi connectivity index (χ4v) is 2.70. The molecule has 2 aromatic carbocycles. The fraction of sp³-hybridized carbons (Fsp3) is 0.429. The molecule has 0 amide bonds. The van der Waals surface area contributed by atoms with Crippen LogP contribution >= 0.6 is 0 Å². The molecule has 2 aromatic rings. The van der Waals surface area contributed by atoms with E-state index >= 15 is 0 Å². The van der Waals surface area contributed by atoms with Gasteiger partial charge in [-0.25, -0.2) is 4.39 Å². The van der Waals surface area contributed by atoms with Gasteiger partial charge in [0, 0.05) is 5.56 Å². The SMILES string of the molecule is CCCCc1ccc(-c2ccc(CC(C)CC)cc2)c(F)c1. The number of halogens is 1. The smallest absolute Gasteiger partial charge is 0.131 e. The van der Waals surface area contributed by atoms with Crippen molar-refractivity contribution in [1.29, 1.82) is 0 Å². The molecule has 0 fully saturated rings. The van der Waals surface area contributed by atoms with E-state index in [2.05, 4.69) is 39.0 Å². The quantitative estimate of drug-likeness (QED) is 0.553. The zero-order chi connectivity index (χ0) is 15.9. The molecule has 0 aromatic heterocycles. The summed E-state index contributed by atoms with van der Waals surface area (Å²) in [6.45, 7) is 6.64. The molecule has 0 nitrogen and oxygen atoms in total. The fourth-order valence-electron chi connectivity index (χ4n) is 2.70. The molecule has 118 valence electrons. The molecule has 1 unspecified atom stereocenters. The van der Waals surface area contributed by atoms with E-state index in [9.17, 15) is 4.39 Å². The van der Waals surface area contributed by atoms with Crippen LogP contribution in [0.4, 0.5) is 4.39 Å².